The molecule has 0 aliphatic heterocycles. The Balaban J connectivity index is 1.89. The maximum absolute atomic E-state index is 7.30. The molecule has 0 spiro atoms. The van der Waals surface area contributed by atoms with Crippen LogP contribution < -0.4 is 4.74 Å². The fourth-order valence-corrected chi connectivity index (χ4v) is 5.80. The van der Waals surface area contributed by atoms with Crippen LogP contribution in [0.4, 0.5) is 0 Å². The normalized spacial score (nSPS) is 23.4. The van der Waals surface area contributed by atoms with Crippen molar-refractivity contribution in [3.63, 3.8) is 0 Å². The first-order valence-electron chi connectivity index (χ1n) is 12.0. The summed E-state index contributed by atoms with van der Waals surface area (Å²) in [5.74, 6) is 0.703. The monoisotopic (exact) mass is 456 g/mol. The number of aromatic nitrogens is 6. The van der Waals surface area contributed by atoms with Gasteiger partial charge in [-0.1, -0.05) is 60.9 Å². The highest BCUT2D eigenvalue weighted by Gasteiger charge is 2.57. The summed E-state index contributed by atoms with van der Waals surface area (Å²) in [6.07, 6.45) is 3.16. The summed E-state index contributed by atoms with van der Waals surface area (Å²) in [5.41, 5.74) is 8.30. The summed E-state index contributed by atoms with van der Waals surface area (Å²) in [7, 11) is 0. The average molecular weight is 457 g/mol. The summed E-state index contributed by atoms with van der Waals surface area (Å²) < 4.78 is 7.30. The van der Waals surface area contributed by atoms with Crippen LogP contribution in [-0.2, 0) is 5.60 Å². The summed E-state index contributed by atoms with van der Waals surface area (Å²) >= 11 is 0. The molecule has 2 aromatic carbocycles. The van der Waals surface area contributed by atoms with Crippen molar-refractivity contribution >= 4 is 22.1 Å². The van der Waals surface area contributed by atoms with Gasteiger partial charge >= 0.3 is 0 Å². The fraction of sp³-hybridized carbons (Fsp3) is 0.407. The van der Waals surface area contributed by atoms with Crippen LogP contribution in [0.3, 0.4) is 0 Å². The van der Waals surface area contributed by atoms with E-state index in [0.29, 0.717) is 5.75 Å². The molecule has 2 unspecified atom stereocenters. The van der Waals surface area contributed by atoms with Gasteiger partial charge in [0.1, 0.15) is 5.52 Å². The van der Waals surface area contributed by atoms with E-state index in [1.54, 1.807) is 0 Å². The van der Waals surface area contributed by atoms with Crippen molar-refractivity contribution in [2.75, 3.05) is 0 Å². The number of rotatable bonds is 6. The lowest BCUT2D eigenvalue weighted by Crippen LogP contribution is -2.53. The van der Waals surface area contributed by atoms with Gasteiger partial charge in [0.2, 0.25) is 0 Å². The Morgan fingerprint density at radius 3 is 2.15 bits per heavy atom. The van der Waals surface area contributed by atoms with Crippen molar-refractivity contribution in [1.82, 2.24) is 30.8 Å². The lowest BCUT2D eigenvalue weighted by Gasteiger charge is -2.54. The van der Waals surface area contributed by atoms with E-state index < -0.39 is 5.60 Å². The number of ether oxygens (including phenoxy) is 1. The molecule has 0 bridgehead atoms. The molecule has 2 N–H and O–H groups in total. The molecule has 7 heteroatoms. The first-order chi connectivity index (χ1) is 16.3. The highest BCUT2D eigenvalue weighted by Crippen LogP contribution is 2.60. The summed E-state index contributed by atoms with van der Waals surface area (Å²) in [6, 6.07) is 12.1. The van der Waals surface area contributed by atoms with Gasteiger partial charge in [0, 0.05) is 11.0 Å². The van der Waals surface area contributed by atoms with Crippen molar-refractivity contribution in [1.29, 1.82) is 0 Å². The van der Waals surface area contributed by atoms with Crippen LogP contribution >= 0.6 is 0 Å². The second kappa shape index (κ2) is 8.08. The SMILES string of the molecule is CCCCC1(C)C(C)=C(C)C(C)=C(C)C1(Oc1cccc2[nH]nnc12)c1cccc2[nH]nnc12. The molecule has 4 aromatic rings. The predicted octanol–water partition coefficient (Wildman–Crippen LogP) is 6.39. The van der Waals surface area contributed by atoms with Crippen molar-refractivity contribution in [2.24, 2.45) is 5.41 Å². The minimum absolute atomic E-state index is 0.324. The van der Waals surface area contributed by atoms with Gasteiger partial charge in [-0.05, 0) is 69.0 Å². The Kier molecular flexibility index (Phi) is 5.30. The van der Waals surface area contributed by atoms with E-state index >= 15 is 0 Å². The van der Waals surface area contributed by atoms with Crippen LogP contribution in [0.25, 0.3) is 22.1 Å². The zero-order valence-electron chi connectivity index (χ0n) is 20.8. The number of nitrogens with zero attached hydrogens (tertiary/aromatic N) is 4. The quantitative estimate of drug-likeness (QED) is 0.351. The number of hydrogen-bond acceptors (Lipinski definition) is 5. The van der Waals surface area contributed by atoms with Gasteiger partial charge < -0.3 is 4.74 Å². The molecule has 1 aliphatic carbocycles. The van der Waals surface area contributed by atoms with Crippen molar-refractivity contribution < 1.29 is 4.74 Å². The third-order valence-electron chi connectivity index (χ3n) is 8.17. The molecule has 0 amide bonds. The first kappa shape index (κ1) is 22.3. The van der Waals surface area contributed by atoms with E-state index in [-0.39, 0.29) is 5.41 Å². The first-order valence-corrected chi connectivity index (χ1v) is 12.0. The molecule has 2 atom stereocenters. The number of hydrogen-bond donors (Lipinski definition) is 2. The zero-order valence-corrected chi connectivity index (χ0v) is 20.8. The van der Waals surface area contributed by atoms with Crippen LogP contribution in [0, 0.1) is 5.41 Å². The molecule has 1 aliphatic rings. The van der Waals surface area contributed by atoms with E-state index in [1.807, 2.05) is 24.3 Å². The lowest BCUT2D eigenvalue weighted by molar-refractivity contribution is -0.0127. The van der Waals surface area contributed by atoms with Crippen molar-refractivity contribution in [3.8, 4) is 5.75 Å². The number of H-pyrrole nitrogens is 2. The Hall–Kier alpha value is -3.48. The minimum Gasteiger partial charge on any atom is -0.475 e. The van der Waals surface area contributed by atoms with E-state index in [4.69, 9.17) is 4.74 Å². The second-order valence-corrected chi connectivity index (χ2v) is 9.70. The second-order valence-electron chi connectivity index (χ2n) is 9.70. The van der Waals surface area contributed by atoms with Gasteiger partial charge in [0.05, 0.1) is 11.0 Å². The molecular weight excluding hydrogens is 424 g/mol. The summed E-state index contributed by atoms with van der Waals surface area (Å²) in [5, 5.41) is 23.1. The Morgan fingerprint density at radius 2 is 1.44 bits per heavy atom. The van der Waals surface area contributed by atoms with Crippen LogP contribution in [-0.4, -0.2) is 30.8 Å². The standard InChI is InChI=1S/C27H32N6O/c1-7-8-15-26(6)18(4)16(2)17(3)19(5)27(26,20-11-9-12-21-24(20)30-32-28-21)34-23-14-10-13-22-25(23)31-33-29-22/h9-14H,7-8,15H2,1-6H3,(H,28,30,32)(H,29,31,33). The number of nitrogens with one attached hydrogen (secondary N) is 2. The van der Waals surface area contributed by atoms with Gasteiger partial charge in [-0.2, -0.15) is 0 Å². The topological polar surface area (TPSA) is 92.4 Å². The summed E-state index contributed by atoms with van der Waals surface area (Å²) in [6.45, 7) is 13.5. The van der Waals surface area contributed by atoms with Gasteiger partial charge in [-0.15, -0.1) is 10.2 Å². The largest absolute Gasteiger partial charge is 0.475 e. The van der Waals surface area contributed by atoms with Gasteiger partial charge in [-0.25, -0.2) is 0 Å². The molecule has 5 rings (SSSR count). The molecule has 0 saturated heterocycles. The van der Waals surface area contributed by atoms with E-state index in [2.05, 4.69) is 84.5 Å². The van der Waals surface area contributed by atoms with Crippen LogP contribution in [0.15, 0.2) is 58.7 Å². The maximum atomic E-state index is 7.30. The average Bonchev–Trinajstić information content (AvgIpc) is 3.53. The van der Waals surface area contributed by atoms with Gasteiger partial charge in [0.25, 0.3) is 0 Å². The Labute approximate surface area is 199 Å². The van der Waals surface area contributed by atoms with Crippen molar-refractivity contribution in [3.05, 3.63) is 64.3 Å². The molecule has 2 aromatic heterocycles. The number of fused-ring (bicyclic) bond motifs is 2. The Morgan fingerprint density at radius 1 is 0.824 bits per heavy atom. The molecule has 2 heterocycles. The molecule has 0 saturated carbocycles. The van der Waals surface area contributed by atoms with Gasteiger partial charge in [-0.3, -0.25) is 10.2 Å². The smallest absolute Gasteiger partial charge is 0.167 e. The van der Waals surface area contributed by atoms with E-state index in [1.165, 1.54) is 22.3 Å². The van der Waals surface area contributed by atoms with Crippen LogP contribution in [0.5, 0.6) is 5.75 Å². The highest BCUT2D eigenvalue weighted by molar-refractivity contribution is 5.82. The number of unbranched alkanes of at least 4 members (excludes halogenated alkanes) is 1. The highest BCUT2D eigenvalue weighted by atomic mass is 16.5. The van der Waals surface area contributed by atoms with Crippen LogP contribution in [0.1, 0.15) is 66.4 Å². The van der Waals surface area contributed by atoms with Crippen LogP contribution in [0.2, 0.25) is 0 Å². The van der Waals surface area contributed by atoms with E-state index in [0.717, 1.165) is 46.9 Å². The lowest BCUT2D eigenvalue weighted by atomic mass is 9.55. The zero-order chi connectivity index (χ0) is 24.1. The van der Waals surface area contributed by atoms with Gasteiger partial charge in [0.15, 0.2) is 16.9 Å². The Bertz CT molecular complexity index is 1440. The maximum Gasteiger partial charge on any atom is 0.167 e. The number of benzene rings is 2. The molecule has 7 nitrogen and oxygen atoms in total. The fourth-order valence-electron chi connectivity index (χ4n) is 5.80. The third-order valence-corrected chi connectivity index (χ3v) is 8.17. The molecule has 0 fully saturated rings. The minimum atomic E-state index is -0.806. The van der Waals surface area contributed by atoms with E-state index in [9.17, 15) is 0 Å². The number of allylic oxidation sites excluding steroid dienone is 2. The predicted molar refractivity (Wildman–Crippen MR) is 134 cm³/mol. The number of aromatic amines is 2. The molecular formula is C27H32N6O. The third kappa shape index (κ3) is 2.95. The summed E-state index contributed by atoms with van der Waals surface area (Å²) in [4.78, 5) is 0. The molecule has 34 heavy (non-hydrogen) atoms. The molecule has 0 radical (unpaired) electrons. The molecule has 176 valence electrons. The van der Waals surface area contributed by atoms with Crippen molar-refractivity contribution in [2.45, 2.75) is 66.4 Å².